The maximum Gasteiger partial charge on any atom is 0.241 e. The molecule has 6 heteroatoms. The van der Waals surface area contributed by atoms with Crippen molar-refractivity contribution >= 4 is 23.6 Å². The van der Waals surface area contributed by atoms with Crippen molar-refractivity contribution < 1.29 is 9.59 Å². The zero-order chi connectivity index (χ0) is 13.2. The molecule has 0 aliphatic carbocycles. The molecule has 2 N–H and O–H groups in total. The predicted octanol–water partition coefficient (Wildman–Crippen LogP) is -0.181. The van der Waals surface area contributed by atoms with E-state index in [2.05, 4.69) is 24.5 Å². The van der Waals surface area contributed by atoms with Crippen molar-refractivity contribution in [2.45, 2.75) is 31.1 Å². The van der Waals surface area contributed by atoms with Crippen molar-refractivity contribution in [3.63, 3.8) is 0 Å². The molecule has 2 rings (SSSR count). The zero-order valence-corrected chi connectivity index (χ0v) is 11.8. The molecular weight excluding hydrogens is 250 g/mol. The largest absolute Gasteiger partial charge is 0.353 e. The first-order valence-electron chi connectivity index (χ1n) is 6.41. The van der Waals surface area contributed by atoms with Gasteiger partial charge in [0.05, 0.1) is 6.54 Å². The van der Waals surface area contributed by atoms with Gasteiger partial charge in [-0.05, 0) is 6.42 Å². The van der Waals surface area contributed by atoms with E-state index in [0.29, 0.717) is 6.54 Å². The molecule has 2 saturated heterocycles. The van der Waals surface area contributed by atoms with E-state index in [4.69, 9.17) is 0 Å². The van der Waals surface area contributed by atoms with Gasteiger partial charge in [-0.1, -0.05) is 13.8 Å². The van der Waals surface area contributed by atoms with Crippen LogP contribution in [0.1, 0.15) is 20.3 Å². The molecule has 0 aromatic carbocycles. The summed E-state index contributed by atoms with van der Waals surface area (Å²) in [5.41, 5.74) is 0. The molecule has 5 nitrogen and oxygen atoms in total. The zero-order valence-electron chi connectivity index (χ0n) is 11.0. The lowest BCUT2D eigenvalue weighted by Crippen LogP contribution is -2.58. The molecule has 2 amide bonds. The van der Waals surface area contributed by atoms with Gasteiger partial charge in [-0.15, -0.1) is 0 Å². The molecule has 102 valence electrons. The van der Waals surface area contributed by atoms with E-state index < -0.39 is 0 Å². The number of carbonyl (C=O) groups is 2. The second kappa shape index (κ2) is 5.48. The first kappa shape index (κ1) is 13.7. The van der Waals surface area contributed by atoms with Crippen LogP contribution in [0.4, 0.5) is 0 Å². The van der Waals surface area contributed by atoms with Crippen LogP contribution in [0.3, 0.4) is 0 Å². The first-order valence-corrected chi connectivity index (χ1v) is 7.39. The van der Waals surface area contributed by atoms with Crippen molar-refractivity contribution in [2.24, 2.45) is 0 Å². The van der Waals surface area contributed by atoms with Gasteiger partial charge in [0.1, 0.15) is 6.04 Å². The summed E-state index contributed by atoms with van der Waals surface area (Å²) in [6.07, 6.45) is 1.02. The summed E-state index contributed by atoms with van der Waals surface area (Å²) in [7, 11) is 0. The Kier molecular flexibility index (Phi) is 4.17. The molecule has 0 spiro atoms. The number of rotatable bonds is 1. The van der Waals surface area contributed by atoms with Crippen molar-refractivity contribution in [3.05, 3.63) is 0 Å². The quantitative estimate of drug-likeness (QED) is 0.694. The number of nitrogens with one attached hydrogen (secondary N) is 2. The van der Waals surface area contributed by atoms with Crippen LogP contribution in [0.25, 0.3) is 0 Å². The highest BCUT2D eigenvalue weighted by atomic mass is 32.2. The smallest absolute Gasteiger partial charge is 0.241 e. The lowest BCUT2D eigenvalue weighted by Gasteiger charge is -2.29. The van der Waals surface area contributed by atoms with Crippen LogP contribution in [0, 0.1) is 0 Å². The lowest BCUT2D eigenvalue weighted by atomic mass is 10.1. The van der Waals surface area contributed by atoms with E-state index in [1.54, 1.807) is 0 Å². The van der Waals surface area contributed by atoms with Gasteiger partial charge in [-0.25, -0.2) is 0 Å². The highest BCUT2D eigenvalue weighted by Crippen LogP contribution is 2.30. The second-order valence-corrected chi connectivity index (χ2v) is 7.22. The average Bonchev–Trinajstić information content (AvgIpc) is 2.50. The summed E-state index contributed by atoms with van der Waals surface area (Å²) in [5.74, 6) is 1.07. The van der Waals surface area contributed by atoms with Crippen LogP contribution in [0.2, 0.25) is 0 Å². The molecule has 2 aliphatic rings. The van der Waals surface area contributed by atoms with Crippen LogP contribution >= 0.6 is 11.8 Å². The second-order valence-electron chi connectivity index (χ2n) is 5.42. The summed E-state index contributed by atoms with van der Waals surface area (Å²) in [5, 5.41) is 5.73. The van der Waals surface area contributed by atoms with Crippen molar-refractivity contribution in [2.75, 3.05) is 31.9 Å². The van der Waals surface area contributed by atoms with Crippen molar-refractivity contribution in [1.82, 2.24) is 15.5 Å². The Balaban J connectivity index is 1.90. The number of carbonyl (C=O) groups excluding carboxylic acids is 2. The molecule has 0 aromatic rings. The Labute approximate surface area is 112 Å². The van der Waals surface area contributed by atoms with E-state index in [1.807, 2.05) is 16.7 Å². The number of thioether (sulfide) groups is 1. The van der Waals surface area contributed by atoms with Gasteiger partial charge in [-0.3, -0.25) is 14.9 Å². The van der Waals surface area contributed by atoms with Crippen molar-refractivity contribution in [3.8, 4) is 0 Å². The summed E-state index contributed by atoms with van der Waals surface area (Å²) in [4.78, 5) is 25.3. The summed E-state index contributed by atoms with van der Waals surface area (Å²) >= 11 is 1.93. The molecule has 2 aliphatic heterocycles. The highest BCUT2D eigenvalue weighted by Gasteiger charge is 2.31. The third kappa shape index (κ3) is 3.38. The molecule has 18 heavy (non-hydrogen) atoms. The Hall–Kier alpha value is -0.750. The van der Waals surface area contributed by atoms with Crippen LogP contribution in [0.15, 0.2) is 0 Å². The average molecular weight is 271 g/mol. The summed E-state index contributed by atoms with van der Waals surface area (Å²) < 4.78 is 0.253. The number of hydrogen-bond donors (Lipinski definition) is 2. The van der Waals surface area contributed by atoms with E-state index in [1.165, 1.54) is 0 Å². The maximum atomic E-state index is 12.3. The van der Waals surface area contributed by atoms with Gasteiger partial charge in [-0.2, -0.15) is 11.8 Å². The monoisotopic (exact) mass is 271 g/mol. The van der Waals surface area contributed by atoms with E-state index >= 15 is 0 Å². The molecular formula is C12H21N3O2S. The fourth-order valence-electron chi connectivity index (χ4n) is 2.20. The molecule has 2 heterocycles. The summed E-state index contributed by atoms with van der Waals surface area (Å²) in [6.45, 7) is 6.72. The van der Waals surface area contributed by atoms with Gasteiger partial charge in [0.25, 0.3) is 0 Å². The normalized spacial score (nSPS) is 28.4. The lowest BCUT2D eigenvalue weighted by molar-refractivity contribution is -0.134. The minimum Gasteiger partial charge on any atom is -0.353 e. The predicted molar refractivity (Wildman–Crippen MR) is 72.5 cm³/mol. The molecule has 2 fully saturated rings. The number of piperazine rings is 1. The molecule has 1 atom stereocenters. The molecule has 0 radical (unpaired) electrons. The fraction of sp³-hybridized carbons (Fsp3) is 0.833. The standard InChI is InChI=1S/C12H21N3O2S/c1-12(2)3-4-15(5-6-18-12)11(17)9-7-14-10(16)8-13-9/h9,13H,3-8H2,1-2H3,(H,14,16). The minimum absolute atomic E-state index is 0.0356. The van der Waals surface area contributed by atoms with Crippen molar-refractivity contribution in [1.29, 1.82) is 0 Å². The topological polar surface area (TPSA) is 61.4 Å². The summed E-state index contributed by atoms with van der Waals surface area (Å²) in [6, 6.07) is -0.256. The Bertz CT molecular complexity index is 336. The van der Waals surface area contributed by atoms with Gasteiger partial charge in [0.2, 0.25) is 11.8 Å². The Morgan fingerprint density at radius 1 is 1.44 bits per heavy atom. The molecule has 1 unspecified atom stereocenters. The Morgan fingerprint density at radius 3 is 2.89 bits per heavy atom. The van der Waals surface area contributed by atoms with E-state index in [9.17, 15) is 9.59 Å². The fourth-order valence-corrected chi connectivity index (χ4v) is 3.30. The first-order chi connectivity index (χ1) is 8.48. The van der Waals surface area contributed by atoms with E-state index in [-0.39, 0.29) is 29.1 Å². The van der Waals surface area contributed by atoms with Gasteiger partial charge in [0.15, 0.2) is 0 Å². The highest BCUT2D eigenvalue weighted by molar-refractivity contribution is 8.00. The third-order valence-electron chi connectivity index (χ3n) is 3.46. The van der Waals surface area contributed by atoms with Crippen LogP contribution in [-0.2, 0) is 9.59 Å². The van der Waals surface area contributed by atoms with Crippen LogP contribution in [0.5, 0.6) is 0 Å². The molecule has 0 saturated carbocycles. The molecule has 0 aromatic heterocycles. The number of hydrogen-bond acceptors (Lipinski definition) is 4. The molecule has 0 bridgehead atoms. The van der Waals surface area contributed by atoms with E-state index in [0.717, 1.165) is 25.3 Å². The maximum absolute atomic E-state index is 12.3. The minimum atomic E-state index is -0.256. The number of nitrogens with zero attached hydrogens (tertiary/aromatic N) is 1. The van der Waals surface area contributed by atoms with Crippen LogP contribution < -0.4 is 10.6 Å². The van der Waals surface area contributed by atoms with Gasteiger partial charge in [0, 0.05) is 30.1 Å². The van der Waals surface area contributed by atoms with Gasteiger partial charge >= 0.3 is 0 Å². The Morgan fingerprint density at radius 2 is 2.22 bits per heavy atom. The van der Waals surface area contributed by atoms with Crippen LogP contribution in [-0.4, -0.2) is 59.4 Å². The number of amides is 2. The SMILES string of the molecule is CC1(C)CCN(C(=O)C2CNC(=O)CN2)CCS1. The van der Waals surface area contributed by atoms with Gasteiger partial charge < -0.3 is 10.2 Å². The third-order valence-corrected chi connectivity index (χ3v) is 4.83.